The van der Waals surface area contributed by atoms with Crippen LogP contribution < -0.4 is 9.64 Å². The molecule has 0 saturated carbocycles. The number of benzene rings is 1. The Bertz CT molecular complexity index is 488. The third-order valence-corrected chi connectivity index (χ3v) is 4.31. The first kappa shape index (κ1) is 13.9. The predicted octanol–water partition coefficient (Wildman–Crippen LogP) is 2.74. The molecule has 0 bridgehead atoms. The molecule has 0 aromatic heterocycles. The number of para-hydroxylation sites is 2. The van der Waals surface area contributed by atoms with Crippen molar-refractivity contribution in [2.24, 2.45) is 0 Å². The number of hydrogen-bond donors (Lipinski definition) is 0. The molecule has 2 aliphatic rings. The summed E-state index contributed by atoms with van der Waals surface area (Å²) in [5, 5.41) is 0. The lowest BCUT2D eigenvalue weighted by molar-refractivity contribution is -0.117. The summed E-state index contributed by atoms with van der Waals surface area (Å²) in [5.41, 5.74) is 0.881. The lowest BCUT2D eigenvalue weighted by Gasteiger charge is -2.26. The van der Waals surface area contributed by atoms with Crippen molar-refractivity contribution in [2.45, 2.75) is 30.2 Å². The highest BCUT2D eigenvalue weighted by molar-refractivity contribution is 9.09. The monoisotopic (exact) mass is 339 g/mol. The normalized spacial score (nSPS) is 24.1. The van der Waals surface area contributed by atoms with Crippen molar-refractivity contribution < 1.29 is 14.3 Å². The number of nitrogens with zero attached hydrogens (tertiary/aromatic N) is 1. The Morgan fingerprint density at radius 1 is 1.25 bits per heavy atom. The van der Waals surface area contributed by atoms with Gasteiger partial charge < -0.3 is 14.4 Å². The molecule has 20 heavy (non-hydrogen) atoms. The zero-order valence-electron chi connectivity index (χ0n) is 11.3. The Labute approximate surface area is 127 Å². The molecule has 108 valence electrons. The van der Waals surface area contributed by atoms with Crippen LogP contribution in [-0.2, 0) is 9.53 Å². The first-order chi connectivity index (χ1) is 9.74. The largest absolute Gasteiger partial charge is 0.488 e. The fourth-order valence-electron chi connectivity index (χ4n) is 2.65. The van der Waals surface area contributed by atoms with E-state index in [0.29, 0.717) is 13.0 Å². The molecule has 1 aromatic carbocycles. The van der Waals surface area contributed by atoms with Gasteiger partial charge in [0, 0.05) is 30.6 Å². The first-order valence-corrected chi connectivity index (χ1v) is 7.93. The predicted molar refractivity (Wildman–Crippen MR) is 80.6 cm³/mol. The highest BCUT2D eigenvalue weighted by Gasteiger charge is 2.31. The second-order valence-electron chi connectivity index (χ2n) is 5.20. The molecule has 1 atom stereocenters. The molecule has 5 heteroatoms. The molecular weight excluding hydrogens is 322 g/mol. The minimum Gasteiger partial charge on any atom is -0.488 e. The first-order valence-electron chi connectivity index (χ1n) is 7.02. The molecule has 2 aliphatic heterocycles. The van der Waals surface area contributed by atoms with Gasteiger partial charge in [0.15, 0.2) is 0 Å². The topological polar surface area (TPSA) is 38.8 Å². The summed E-state index contributed by atoms with van der Waals surface area (Å²) in [6.07, 6.45) is 2.54. The van der Waals surface area contributed by atoms with Gasteiger partial charge in [-0.25, -0.2) is 0 Å². The van der Waals surface area contributed by atoms with Crippen LogP contribution in [0.15, 0.2) is 24.3 Å². The van der Waals surface area contributed by atoms with E-state index >= 15 is 0 Å². The molecule has 1 unspecified atom stereocenters. The van der Waals surface area contributed by atoms with Gasteiger partial charge in [-0.15, -0.1) is 0 Å². The molecule has 2 heterocycles. The van der Waals surface area contributed by atoms with Crippen molar-refractivity contribution in [3.05, 3.63) is 24.3 Å². The molecule has 2 saturated heterocycles. The minimum atomic E-state index is 0.148. The molecule has 1 amide bonds. The molecule has 1 aromatic rings. The quantitative estimate of drug-likeness (QED) is 0.795. The summed E-state index contributed by atoms with van der Waals surface area (Å²) in [6, 6.07) is 7.79. The van der Waals surface area contributed by atoms with Crippen molar-refractivity contribution in [1.82, 2.24) is 0 Å². The standard InChI is InChI=1S/C15H18BrNO3/c16-11-9-15(18)17(10-11)13-3-1-2-4-14(13)20-12-5-7-19-8-6-12/h1-4,11-12H,5-10H2. The number of carbonyl (C=O) groups is 1. The molecule has 4 nitrogen and oxygen atoms in total. The van der Waals surface area contributed by atoms with Crippen molar-refractivity contribution in [3.63, 3.8) is 0 Å². The lowest BCUT2D eigenvalue weighted by atomic mass is 10.1. The SMILES string of the molecule is O=C1CC(Br)CN1c1ccccc1OC1CCOCC1. The van der Waals surface area contributed by atoms with Crippen LogP contribution in [0, 0.1) is 0 Å². The van der Waals surface area contributed by atoms with E-state index in [1.54, 1.807) is 0 Å². The second kappa shape index (κ2) is 6.14. The number of rotatable bonds is 3. The van der Waals surface area contributed by atoms with Crippen LogP contribution in [-0.4, -0.2) is 36.6 Å². The minimum absolute atomic E-state index is 0.148. The van der Waals surface area contributed by atoms with Crippen LogP contribution in [0.3, 0.4) is 0 Å². The van der Waals surface area contributed by atoms with E-state index in [1.807, 2.05) is 29.2 Å². The maximum absolute atomic E-state index is 12.0. The summed E-state index contributed by atoms with van der Waals surface area (Å²) in [4.78, 5) is 14.1. The summed E-state index contributed by atoms with van der Waals surface area (Å²) < 4.78 is 11.4. The third-order valence-electron chi connectivity index (χ3n) is 3.70. The van der Waals surface area contributed by atoms with Gasteiger partial charge in [-0.3, -0.25) is 4.79 Å². The van der Waals surface area contributed by atoms with E-state index in [1.165, 1.54) is 0 Å². The summed E-state index contributed by atoms with van der Waals surface area (Å²) >= 11 is 3.52. The molecule has 2 fully saturated rings. The van der Waals surface area contributed by atoms with E-state index in [2.05, 4.69) is 15.9 Å². The van der Waals surface area contributed by atoms with Crippen molar-refractivity contribution in [3.8, 4) is 5.75 Å². The lowest BCUT2D eigenvalue weighted by Crippen LogP contribution is -2.28. The third kappa shape index (κ3) is 2.99. The van der Waals surface area contributed by atoms with Gasteiger partial charge in [0.2, 0.25) is 5.91 Å². The summed E-state index contributed by atoms with van der Waals surface area (Å²) in [7, 11) is 0. The van der Waals surface area contributed by atoms with Gasteiger partial charge in [-0.2, -0.15) is 0 Å². The van der Waals surface area contributed by atoms with E-state index in [4.69, 9.17) is 9.47 Å². The Morgan fingerprint density at radius 2 is 2.00 bits per heavy atom. The van der Waals surface area contributed by atoms with Gasteiger partial charge in [-0.05, 0) is 12.1 Å². The number of alkyl halides is 1. The molecule has 3 rings (SSSR count). The zero-order chi connectivity index (χ0) is 13.9. The van der Waals surface area contributed by atoms with Crippen LogP contribution >= 0.6 is 15.9 Å². The Balaban J connectivity index is 1.79. The summed E-state index contributed by atoms with van der Waals surface area (Å²) in [5.74, 6) is 0.948. The number of anilines is 1. The number of amides is 1. The number of halogens is 1. The van der Waals surface area contributed by atoms with Crippen LogP contribution in [0.2, 0.25) is 0 Å². The maximum atomic E-state index is 12.0. The number of carbonyl (C=O) groups excluding carboxylic acids is 1. The smallest absolute Gasteiger partial charge is 0.228 e. The van der Waals surface area contributed by atoms with Crippen LogP contribution in [0.1, 0.15) is 19.3 Å². The van der Waals surface area contributed by atoms with Gasteiger partial charge >= 0.3 is 0 Å². The van der Waals surface area contributed by atoms with Gasteiger partial charge in [0.05, 0.1) is 18.9 Å². The molecule has 0 spiro atoms. The van der Waals surface area contributed by atoms with E-state index in [9.17, 15) is 4.79 Å². The van der Waals surface area contributed by atoms with Crippen LogP contribution in [0.25, 0.3) is 0 Å². The molecule has 0 aliphatic carbocycles. The van der Waals surface area contributed by atoms with E-state index < -0.39 is 0 Å². The second-order valence-corrected chi connectivity index (χ2v) is 6.50. The van der Waals surface area contributed by atoms with Gasteiger partial charge in [0.25, 0.3) is 0 Å². The highest BCUT2D eigenvalue weighted by atomic mass is 79.9. The maximum Gasteiger partial charge on any atom is 0.228 e. The van der Waals surface area contributed by atoms with Crippen LogP contribution in [0.5, 0.6) is 5.75 Å². The Morgan fingerprint density at radius 3 is 2.70 bits per heavy atom. The fraction of sp³-hybridized carbons (Fsp3) is 0.533. The highest BCUT2D eigenvalue weighted by Crippen LogP contribution is 2.34. The van der Waals surface area contributed by atoms with Crippen molar-refractivity contribution in [2.75, 3.05) is 24.7 Å². The average molecular weight is 340 g/mol. The number of ether oxygens (including phenoxy) is 2. The van der Waals surface area contributed by atoms with Crippen molar-refractivity contribution >= 4 is 27.5 Å². The molecular formula is C15H18BrNO3. The fourth-order valence-corrected chi connectivity index (χ4v) is 3.22. The number of hydrogen-bond acceptors (Lipinski definition) is 3. The van der Waals surface area contributed by atoms with Crippen molar-refractivity contribution in [1.29, 1.82) is 0 Å². The average Bonchev–Trinajstić information content (AvgIpc) is 2.79. The molecule has 0 N–H and O–H groups in total. The Kier molecular flexibility index (Phi) is 4.27. The Hall–Kier alpha value is -1.07. The van der Waals surface area contributed by atoms with Gasteiger partial charge in [-0.1, -0.05) is 28.1 Å². The summed E-state index contributed by atoms with van der Waals surface area (Å²) in [6.45, 7) is 2.20. The zero-order valence-corrected chi connectivity index (χ0v) is 12.8. The van der Waals surface area contributed by atoms with Gasteiger partial charge in [0.1, 0.15) is 11.9 Å². The van der Waals surface area contributed by atoms with E-state index in [0.717, 1.165) is 37.5 Å². The van der Waals surface area contributed by atoms with Crippen LogP contribution in [0.4, 0.5) is 5.69 Å². The molecule has 0 radical (unpaired) electrons. The van der Waals surface area contributed by atoms with E-state index in [-0.39, 0.29) is 16.8 Å².